The molecule has 0 unspecified atom stereocenters. The second-order valence-corrected chi connectivity index (χ2v) is 5.62. The molecule has 0 atom stereocenters. The Morgan fingerprint density at radius 1 is 1.33 bits per heavy atom. The Hall–Kier alpha value is -1.20. The van der Waals surface area contributed by atoms with Gasteiger partial charge in [-0.2, -0.15) is 5.26 Å². The number of halogens is 1. The number of rotatable bonds is 6. The number of hydrogen-bond donors (Lipinski definition) is 0. The Bertz CT molecular complexity index is 435. The number of nitrogens with zero attached hydrogens (tertiary/aromatic N) is 1. The Morgan fingerprint density at radius 3 is 2.67 bits per heavy atom. The quantitative estimate of drug-likeness (QED) is 0.696. The molecule has 0 saturated heterocycles. The summed E-state index contributed by atoms with van der Waals surface area (Å²) < 4.78 is 5.65. The van der Waals surface area contributed by atoms with Crippen molar-refractivity contribution in [2.75, 3.05) is 6.61 Å². The number of benzene rings is 1. The molecule has 0 fully saturated rings. The summed E-state index contributed by atoms with van der Waals surface area (Å²) in [6, 6.07) is 7.99. The number of aryl methyl sites for hydroxylation is 1. The van der Waals surface area contributed by atoms with E-state index in [1.54, 1.807) is 0 Å². The second kappa shape index (κ2) is 6.66. The smallest absolute Gasteiger partial charge is 0.119 e. The van der Waals surface area contributed by atoms with Crippen LogP contribution in [0.3, 0.4) is 0 Å². The molecule has 0 amide bonds. The fourth-order valence-electron chi connectivity index (χ4n) is 1.62. The van der Waals surface area contributed by atoms with Crippen LogP contribution in [0.5, 0.6) is 5.75 Å². The van der Waals surface area contributed by atoms with Crippen LogP contribution >= 0.6 is 11.6 Å². The fraction of sp³-hybridized carbons (Fsp3) is 0.533. The van der Waals surface area contributed by atoms with Gasteiger partial charge in [0.05, 0.1) is 18.1 Å². The molecular formula is C15H20ClNO. The van der Waals surface area contributed by atoms with Gasteiger partial charge in [0, 0.05) is 5.02 Å². The molecule has 98 valence electrons. The van der Waals surface area contributed by atoms with E-state index in [1.165, 1.54) is 0 Å². The van der Waals surface area contributed by atoms with Gasteiger partial charge in [-0.15, -0.1) is 0 Å². The molecule has 1 aromatic carbocycles. The van der Waals surface area contributed by atoms with E-state index in [1.807, 2.05) is 39.0 Å². The monoisotopic (exact) mass is 265 g/mol. The summed E-state index contributed by atoms with van der Waals surface area (Å²) in [6.07, 6.45) is 2.88. The summed E-state index contributed by atoms with van der Waals surface area (Å²) in [5, 5.41) is 9.65. The Kier molecular flexibility index (Phi) is 5.50. The summed E-state index contributed by atoms with van der Waals surface area (Å²) in [5.41, 5.74) is 0.802. The zero-order chi connectivity index (χ0) is 13.6. The van der Waals surface area contributed by atoms with Crippen molar-refractivity contribution in [3.8, 4) is 11.8 Å². The molecule has 0 saturated carbocycles. The van der Waals surface area contributed by atoms with Gasteiger partial charge in [-0.25, -0.2) is 0 Å². The Labute approximate surface area is 115 Å². The van der Waals surface area contributed by atoms with Crippen molar-refractivity contribution >= 4 is 11.6 Å². The minimum Gasteiger partial charge on any atom is -0.494 e. The third kappa shape index (κ3) is 4.98. The average molecular weight is 266 g/mol. The molecule has 0 heterocycles. The molecule has 1 aromatic rings. The molecule has 0 radical (unpaired) electrons. The lowest BCUT2D eigenvalue weighted by molar-refractivity contribution is 0.295. The lowest BCUT2D eigenvalue weighted by atomic mass is 9.89. The number of unbranched alkanes of at least 4 members (excludes halogenated alkanes) is 1. The third-order valence-corrected chi connectivity index (χ3v) is 3.32. The molecule has 0 spiro atoms. The molecule has 0 aliphatic heterocycles. The van der Waals surface area contributed by atoms with Crippen LogP contribution in [0, 0.1) is 23.7 Å². The van der Waals surface area contributed by atoms with E-state index in [0.29, 0.717) is 6.61 Å². The predicted octanol–water partition coefficient (Wildman–Crippen LogP) is 4.75. The molecule has 2 nitrogen and oxygen atoms in total. The molecule has 0 aliphatic rings. The normalized spacial score (nSPS) is 11.1. The van der Waals surface area contributed by atoms with Crippen LogP contribution in [0.15, 0.2) is 18.2 Å². The van der Waals surface area contributed by atoms with Gasteiger partial charge in [0.15, 0.2) is 0 Å². The third-order valence-electron chi connectivity index (χ3n) is 2.90. The van der Waals surface area contributed by atoms with E-state index in [4.69, 9.17) is 21.6 Å². The van der Waals surface area contributed by atoms with Crippen LogP contribution < -0.4 is 4.74 Å². The van der Waals surface area contributed by atoms with Crippen molar-refractivity contribution in [1.29, 1.82) is 5.26 Å². The van der Waals surface area contributed by atoms with Crippen LogP contribution in [-0.2, 0) is 0 Å². The maximum atomic E-state index is 8.89. The minimum atomic E-state index is -0.225. The largest absolute Gasteiger partial charge is 0.494 e. The Morgan fingerprint density at radius 2 is 2.06 bits per heavy atom. The first-order valence-corrected chi connectivity index (χ1v) is 6.62. The van der Waals surface area contributed by atoms with E-state index < -0.39 is 0 Å². The van der Waals surface area contributed by atoms with E-state index in [2.05, 4.69) is 6.07 Å². The minimum absolute atomic E-state index is 0.225. The van der Waals surface area contributed by atoms with Crippen LogP contribution in [0.25, 0.3) is 0 Å². The second-order valence-electron chi connectivity index (χ2n) is 5.21. The van der Waals surface area contributed by atoms with Gasteiger partial charge >= 0.3 is 0 Å². The molecule has 0 N–H and O–H groups in total. The van der Waals surface area contributed by atoms with E-state index in [9.17, 15) is 0 Å². The fourth-order valence-corrected chi connectivity index (χ4v) is 1.74. The zero-order valence-electron chi connectivity index (χ0n) is 11.3. The highest BCUT2D eigenvalue weighted by Gasteiger charge is 2.15. The first-order chi connectivity index (χ1) is 8.44. The summed E-state index contributed by atoms with van der Waals surface area (Å²) in [4.78, 5) is 0. The van der Waals surface area contributed by atoms with Crippen molar-refractivity contribution < 1.29 is 4.74 Å². The number of nitriles is 1. The van der Waals surface area contributed by atoms with Gasteiger partial charge in [0.25, 0.3) is 0 Å². The average Bonchev–Trinajstić information content (AvgIpc) is 2.33. The lowest BCUT2D eigenvalue weighted by Crippen LogP contribution is -2.08. The van der Waals surface area contributed by atoms with Gasteiger partial charge in [-0.05, 0) is 63.8 Å². The van der Waals surface area contributed by atoms with Crippen molar-refractivity contribution in [2.45, 2.75) is 40.0 Å². The molecular weight excluding hydrogens is 246 g/mol. The van der Waals surface area contributed by atoms with Crippen molar-refractivity contribution in [3.05, 3.63) is 28.8 Å². The van der Waals surface area contributed by atoms with Gasteiger partial charge in [-0.1, -0.05) is 11.6 Å². The summed E-state index contributed by atoms with van der Waals surface area (Å²) in [6.45, 7) is 6.58. The van der Waals surface area contributed by atoms with Gasteiger partial charge in [0.2, 0.25) is 0 Å². The van der Waals surface area contributed by atoms with Crippen molar-refractivity contribution in [3.63, 3.8) is 0 Å². The SMILES string of the molecule is Cc1cc(OCCCCC(C)(C)C#N)ccc1Cl. The standard InChI is InChI=1S/C15H20ClNO/c1-12-10-13(6-7-14(12)16)18-9-5-4-8-15(2,3)11-17/h6-7,10H,4-5,8-9H2,1-3H3. The lowest BCUT2D eigenvalue weighted by Gasteiger charge is -2.14. The van der Waals surface area contributed by atoms with Crippen LogP contribution in [0.2, 0.25) is 5.02 Å². The summed E-state index contributed by atoms with van der Waals surface area (Å²) in [7, 11) is 0. The van der Waals surface area contributed by atoms with Crippen LogP contribution in [0.4, 0.5) is 0 Å². The maximum Gasteiger partial charge on any atom is 0.119 e. The van der Waals surface area contributed by atoms with Gasteiger partial charge in [0.1, 0.15) is 5.75 Å². The molecule has 0 aliphatic carbocycles. The van der Waals surface area contributed by atoms with Gasteiger partial charge in [-0.3, -0.25) is 0 Å². The number of hydrogen-bond acceptors (Lipinski definition) is 2. The van der Waals surface area contributed by atoms with Crippen molar-refractivity contribution in [1.82, 2.24) is 0 Å². The highest BCUT2D eigenvalue weighted by molar-refractivity contribution is 6.31. The van der Waals surface area contributed by atoms with E-state index >= 15 is 0 Å². The summed E-state index contributed by atoms with van der Waals surface area (Å²) >= 11 is 5.94. The molecule has 3 heteroatoms. The topological polar surface area (TPSA) is 33.0 Å². The molecule has 18 heavy (non-hydrogen) atoms. The molecule has 0 bridgehead atoms. The molecule has 0 aromatic heterocycles. The highest BCUT2D eigenvalue weighted by Crippen LogP contribution is 2.23. The molecule has 1 rings (SSSR count). The van der Waals surface area contributed by atoms with E-state index in [0.717, 1.165) is 35.6 Å². The zero-order valence-corrected chi connectivity index (χ0v) is 12.0. The first kappa shape index (κ1) is 14.9. The summed E-state index contributed by atoms with van der Waals surface area (Å²) in [5.74, 6) is 0.858. The predicted molar refractivity (Wildman–Crippen MR) is 74.9 cm³/mol. The maximum absolute atomic E-state index is 8.89. The van der Waals surface area contributed by atoms with E-state index in [-0.39, 0.29) is 5.41 Å². The first-order valence-electron chi connectivity index (χ1n) is 6.25. The van der Waals surface area contributed by atoms with Crippen LogP contribution in [0.1, 0.15) is 38.7 Å². The Balaban J connectivity index is 2.26. The van der Waals surface area contributed by atoms with Gasteiger partial charge < -0.3 is 4.74 Å². The van der Waals surface area contributed by atoms with Crippen LogP contribution in [-0.4, -0.2) is 6.61 Å². The van der Waals surface area contributed by atoms with Crippen molar-refractivity contribution in [2.24, 2.45) is 5.41 Å². The number of ether oxygens (including phenoxy) is 1. The highest BCUT2D eigenvalue weighted by atomic mass is 35.5.